The molecule has 2 heterocycles. The highest BCUT2D eigenvalue weighted by molar-refractivity contribution is 7.26. The lowest BCUT2D eigenvalue weighted by molar-refractivity contribution is 0.662. The maximum Gasteiger partial charge on any atom is 0.136 e. The van der Waals surface area contributed by atoms with Crippen molar-refractivity contribution in [2.45, 2.75) is 19.3 Å². The minimum absolute atomic E-state index is 0.112. The van der Waals surface area contributed by atoms with Gasteiger partial charge in [-0.05, 0) is 115 Å². The largest absolute Gasteiger partial charge is 0.456 e. The lowest BCUT2D eigenvalue weighted by atomic mass is 9.79. The van der Waals surface area contributed by atoms with Crippen molar-refractivity contribution in [3.05, 3.63) is 223 Å². The van der Waals surface area contributed by atoms with Crippen LogP contribution in [0.15, 0.2) is 217 Å². The molecule has 0 atom stereocenters. The van der Waals surface area contributed by atoms with Gasteiger partial charge in [0.25, 0.3) is 0 Å². The van der Waals surface area contributed by atoms with Crippen LogP contribution in [0.2, 0.25) is 0 Å². The Morgan fingerprint density at radius 3 is 1.81 bits per heavy atom. The molecule has 1 aliphatic carbocycles. The molecule has 0 aliphatic heterocycles. The number of hydrogen-bond donors (Lipinski definition) is 0. The van der Waals surface area contributed by atoms with Crippen LogP contribution in [0.3, 0.4) is 0 Å². The summed E-state index contributed by atoms with van der Waals surface area (Å²) in [6, 6.07) is 77.8. The number of thiophene rings is 1. The van der Waals surface area contributed by atoms with Crippen molar-refractivity contribution < 1.29 is 4.42 Å². The number of para-hydroxylation sites is 1. The summed E-state index contributed by atoms with van der Waals surface area (Å²) in [4.78, 5) is 2.43. The second-order valence-corrected chi connectivity index (χ2v) is 18.7. The van der Waals surface area contributed by atoms with E-state index in [1.54, 1.807) is 0 Å². The Hall–Kier alpha value is -7.72. The third kappa shape index (κ3) is 5.57. The highest BCUT2D eigenvalue weighted by Gasteiger charge is 2.37. The molecule has 2 aromatic heterocycles. The zero-order valence-electron chi connectivity index (χ0n) is 35.5. The third-order valence-corrected chi connectivity index (χ3v) is 14.9. The molecule has 0 N–H and O–H groups in total. The Morgan fingerprint density at radius 1 is 0.422 bits per heavy atom. The Morgan fingerprint density at radius 2 is 1.00 bits per heavy atom. The molecule has 0 fully saturated rings. The smallest absolute Gasteiger partial charge is 0.136 e. The fourth-order valence-electron chi connectivity index (χ4n) is 10.7. The van der Waals surface area contributed by atoms with Gasteiger partial charge in [0, 0.05) is 53.3 Å². The molecule has 64 heavy (non-hydrogen) atoms. The third-order valence-electron chi connectivity index (χ3n) is 13.7. The van der Waals surface area contributed by atoms with Crippen LogP contribution >= 0.6 is 11.3 Å². The molecule has 1 aliphatic rings. The van der Waals surface area contributed by atoms with Crippen LogP contribution in [0.4, 0.5) is 17.1 Å². The highest BCUT2D eigenvalue weighted by atomic mass is 32.1. The summed E-state index contributed by atoms with van der Waals surface area (Å²) < 4.78 is 9.24. The molecule has 12 aromatic rings. The van der Waals surface area contributed by atoms with Gasteiger partial charge < -0.3 is 9.32 Å². The van der Waals surface area contributed by atoms with Gasteiger partial charge in [-0.15, -0.1) is 11.3 Å². The number of rotatable bonds is 6. The van der Waals surface area contributed by atoms with Gasteiger partial charge in [-0.25, -0.2) is 0 Å². The van der Waals surface area contributed by atoms with Crippen LogP contribution in [0.5, 0.6) is 0 Å². The van der Waals surface area contributed by atoms with Gasteiger partial charge in [-0.1, -0.05) is 172 Å². The first-order valence-electron chi connectivity index (χ1n) is 22.1. The number of anilines is 3. The number of fused-ring (bicyclic) bond motifs is 10. The van der Waals surface area contributed by atoms with Crippen LogP contribution in [0.1, 0.15) is 25.0 Å². The van der Waals surface area contributed by atoms with Crippen molar-refractivity contribution >= 4 is 81.3 Å². The Labute approximate surface area is 375 Å². The quantitative estimate of drug-likeness (QED) is 0.166. The SMILES string of the molecule is CC1(C)c2ccccc2-c2cccc(-c3ccc(N(c4ccc(-c5cccc6c5sc5ccccc56)cc4)c4ccccc4-c4cccc5oc6cc7ccccc7cc6c45)cc3)c21. The zero-order valence-corrected chi connectivity index (χ0v) is 36.3. The molecule has 3 heteroatoms. The lowest BCUT2D eigenvalue weighted by Crippen LogP contribution is -2.16. The van der Waals surface area contributed by atoms with Gasteiger partial charge in [0.15, 0.2) is 0 Å². The Balaban J connectivity index is 0.980. The van der Waals surface area contributed by atoms with Crippen molar-refractivity contribution in [1.82, 2.24) is 0 Å². The van der Waals surface area contributed by atoms with Crippen molar-refractivity contribution in [2.75, 3.05) is 4.90 Å². The van der Waals surface area contributed by atoms with E-state index in [0.29, 0.717) is 0 Å². The fourth-order valence-corrected chi connectivity index (χ4v) is 11.9. The topological polar surface area (TPSA) is 16.4 Å². The first-order valence-corrected chi connectivity index (χ1v) is 22.9. The molecule has 13 rings (SSSR count). The summed E-state index contributed by atoms with van der Waals surface area (Å²) in [5, 5.41) is 7.24. The first kappa shape index (κ1) is 36.9. The van der Waals surface area contributed by atoms with E-state index in [4.69, 9.17) is 4.42 Å². The van der Waals surface area contributed by atoms with Crippen LogP contribution in [0.25, 0.3) is 97.4 Å². The van der Waals surface area contributed by atoms with Crippen LogP contribution in [0, 0.1) is 0 Å². The molecule has 10 aromatic carbocycles. The second kappa shape index (κ2) is 14.2. The highest BCUT2D eigenvalue weighted by Crippen LogP contribution is 2.53. The van der Waals surface area contributed by atoms with E-state index < -0.39 is 0 Å². The van der Waals surface area contributed by atoms with E-state index in [2.05, 4.69) is 231 Å². The van der Waals surface area contributed by atoms with E-state index in [9.17, 15) is 0 Å². The summed E-state index contributed by atoms with van der Waals surface area (Å²) in [6.45, 7) is 4.73. The van der Waals surface area contributed by atoms with Crippen molar-refractivity contribution in [3.8, 4) is 44.5 Å². The van der Waals surface area contributed by atoms with Crippen LogP contribution < -0.4 is 4.90 Å². The van der Waals surface area contributed by atoms with E-state index in [-0.39, 0.29) is 5.41 Å². The minimum Gasteiger partial charge on any atom is -0.456 e. The number of hydrogen-bond acceptors (Lipinski definition) is 3. The summed E-state index contributed by atoms with van der Waals surface area (Å²) in [6.07, 6.45) is 0. The number of furan rings is 1. The molecule has 0 saturated carbocycles. The van der Waals surface area contributed by atoms with Crippen molar-refractivity contribution in [2.24, 2.45) is 0 Å². The maximum absolute atomic E-state index is 6.61. The fraction of sp³-hybridized carbons (Fsp3) is 0.0492. The second-order valence-electron chi connectivity index (χ2n) is 17.6. The van der Waals surface area contributed by atoms with E-state index >= 15 is 0 Å². The maximum atomic E-state index is 6.61. The molecular formula is C61H41NOS. The molecule has 2 nitrogen and oxygen atoms in total. The molecule has 0 spiro atoms. The van der Waals surface area contributed by atoms with Gasteiger partial charge >= 0.3 is 0 Å². The predicted octanol–water partition coefficient (Wildman–Crippen LogP) is 17.9. The van der Waals surface area contributed by atoms with Gasteiger partial charge in [-0.3, -0.25) is 0 Å². The summed E-state index contributed by atoms with van der Waals surface area (Å²) >= 11 is 1.87. The van der Waals surface area contributed by atoms with Crippen molar-refractivity contribution in [1.29, 1.82) is 0 Å². The first-order chi connectivity index (χ1) is 31.5. The Bertz CT molecular complexity index is 3810. The number of nitrogens with zero attached hydrogens (tertiary/aromatic N) is 1. The monoisotopic (exact) mass is 835 g/mol. The summed E-state index contributed by atoms with van der Waals surface area (Å²) in [5.74, 6) is 0. The summed E-state index contributed by atoms with van der Waals surface area (Å²) in [7, 11) is 0. The number of benzene rings is 10. The average molecular weight is 836 g/mol. The molecule has 0 amide bonds. The van der Waals surface area contributed by atoms with Crippen molar-refractivity contribution in [3.63, 3.8) is 0 Å². The normalized spacial score (nSPS) is 13.0. The van der Waals surface area contributed by atoms with Gasteiger partial charge in [0.05, 0.1) is 5.69 Å². The molecule has 0 saturated heterocycles. The zero-order chi connectivity index (χ0) is 42.5. The average Bonchev–Trinajstić information content (AvgIpc) is 3.99. The predicted molar refractivity (Wildman–Crippen MR) is 273 cm³/mol. The molecule has 302 valence electrons. The van der Waals surface area contributed by atoms with E-state index in [1.165, 1.54) is 75.5 Å². The standard InChI is InChI=1S/C61H41NOS/c1-61(2)53-24-8-5-16-46(53)50-22-11-19-44(59(50)61)38-28-32-42(33-29-38)62(43-34-30-39(31-35-43)45-20-12-23-51-48-18-7-10-27-57(48)64-60(45)51)54-25-9-6-17-47(54)49-21-13-26-55-58(49)52-36-40-14-3-4-15-41(40)37-56(52)63-55/h3-37H,1-2H3. The Kier molecular flexibility index (Phi) is 8.16. The van der Waals surface area contributed by atoms with Crippen LogP contribution in [-0.2, 0) is 5.41 Å². The lowest BCUT2D eigenvalue weighted by Gasteiger charge is -2.29. The minimum atomic E-state index is -0.112. The molecular weight excluding hydrogens is 795 g/mol. The van der Waals surface area contributed by atoms with E-state index in [0.717, 1.165) is 50.1 Å². The van der Waals surface area contributed by atoms with Gasteiger partial charge in [-0.2, -0.15) is 0 Å². The summed E-state index contributed by atoms with van der Waals surface area (Å²) in [5.41, 5.74) is 17.6. The van der Waals surface area contributed by atoms with Gasteiger partial charge in [0.2, 0.25) is 0 Å². The molecule has 0 bridgehead atoms. The van der Waals surface area contributed by atoms with E-state index in [1.807, 2.05) is 11.3 Å². The van der Waals surface area contributed by atoms with Crippen LogP contribution in [-0.4, -0.2) is 0 Å². The molecule has 0 radical (unpaired) electrons. The molecule has 0 unspecified atom stereocenters. The van der Waals surface area contributed by atoms with Gasteiger partial charge in [0.1, 0.15) is 11.2 Å².